The molecule has 1 saturated heterocycles. The van der Waals surface area contributed by atoms with Crippen LogP contribution in [0.25, 0.3) is 0 Å². The highest BCUT2D eigenvalue weighted by Crippen LogP contribution is 2.40. The molecule has 0 spiro atoms. The van der Waals surface area contributed by atoms with Crippen LogP contribution in [0.4, 0.5) is 11.4 Å². The standard InChI is InChI=1S/C21H27N5O6S2/c1-4-9-23-20(28)18(11-22)21-26(29,5-2)13-17(33-21)12-24-15-7-6-8-16(10-15)25-19(27)14-32-34(3,30)31/h1,6-8,10,17-18,21,24H,5,9,12-14H2,2-3H3,(H,23,28)(H,25,27)/t17-,18-,21?,26?/m1/s1. The van der Waals surface area contributed by atoms with E-state index in [1.54, 1.807) is 31.2 Å². The van der Waals surface area contributed by atoms with E-state index in [1.165, 1.54) is 11.8 Å². The summed E-state index contributed by atoms with van der Waals surface area (Å²) in [6, 6.07) is 8.70. The maximum absolute atomic E-state index is 13.3. The number of rotatable bonds is 11. The van der Waals surface area contributed by atoms with Crippen LogP contribution in [0, 0.1) is 34.8 Å². The second-order valence-electron chi connectivity index (χ2n) is 7.60. The van der Waals surface area contributed by atoms with Crippen LogP contribution in [-0.2, 0) is 23.9 Å². The Balaban J connectivity index is 2.00. The summed E-state index contributed by atoms with van der Waals surface area (Å²) in [5.74, 6) is -0.0325. The molecule has 1 aliphatic heterocycles. The van der Waals surface area contributed by atoms with E-state index in [4.69, 9.17) is 6.42 Å². The molecule has 0 saturated carbocycles. The van der Waals surface area contributed by atoms with E-state index in [-0.39, 0.29) is 24.9 Å². The van der Waals surface area contributed by atoms with Gasteiger partial charge < -0.3 is 25.8 Å². The van der Waals surface area contributed by atoms with Crippen LogP contribution in [0.5, 0.6) is 0 Å². The minimum absolute atomic E-state index is 0.0162. The van der Waals surface area contributed by atoms with E-state index >= 15 is 0 Å². The topological polar surface area (TPSA) is 160 Å². The summed E-state index contributed by atoms with van der Waals surface area (Å²) in [7, 11) is -3.73. The summed E-state index contributed by atoms with van der Waals surface area (Å²) >= 11 is 1.30. The highest BCUT2D eigenvalue weighted by Gasteiger charge is 2.48. The van der Waals surface area contributed by atoms with E-state index in [9.17, 15) is 28.5 Å². The second kappa shape index (κ2) is 12.1. The molecule has 184 valence electrons. The summed E-state index contributed by atoms with van der Waals surface area (Å²) in [6.07, 6.45) is 6.01. The lowest BCUT2D eigenvalue weighted by molar-refractivity contribution is -0.884. The fraction of sp³-hybridized carbons (Fsp3) is 0.476. The summed E-state index contributed by atoms with van der Waals surface area (Å²) in [4.78, 5) is 24.2. The second-order valence-corrected chi connectivity index (χ2v) is 10.7. The number of quaternary nitrogens is 1. The smallest absolute Gasteiger partial charge is 0.264 e. The third-order valence-corrected chi connectivity index (χ3v) is 7.18. The zero-order valence-electron chi connectivity index (χ0n) is 18.8. The maximum atomic E-state index is 13.3. The number of hydroxylamine groups is 3. The van der Waals surface area contributed by atoms with Crippen LogP contribution in [0.3, 0.4) is 0 Å². The Morgan fingerprint density at radius 3 is 2.74 bits per heavy atom. The van der Waals surface area contributed by atoms with Gasteiger partial charge in [0.15, 0.2) is 11.3 Å². The lowest BCUT2D eigenvalue weighted by Gasteiger charge is -2.43. The lowest BCUT2D eigenvalue weighted by Crippen LogP contribution is -2.52. The van der Waals surface area contributed by atoms with Crippen molar-refractivity contribution in [1.82, 2.24) is 5.32 Å². The van der Waals surface area contributed by atoms with Gasteiger partial charge in [-0.2, -0.15) is 13.7 Å². The number of carbonyl (C=O) groups excluding carboxylic acids is 2. The van der Waals surface area contributed by atoms with Crippen LogP contribution in [0.2, 0.25) is 0 Å². The number of terminal acetylenes is 1. The van der Waals surface area contributed by atoms with Gasteiger partial charge in [-0.15, -0.1) is 6.42 Å². The molecular formula is C21H27N5O6S2. The van der Waals surface area contributed by atoms with Gasteiger partial charge in [0.2, 0.25) is 5.91 Å². The maximum Gasteiger partial charge on any atom is 0.264 e. The Labute approximate surface area is 203 Å². The van der Waals surface area contributed by atoms with E-state index in [0.717, 1.165) is 6.26 Å². The van der Waals surface area contributed by atoms with E-state index in [2.05, 4.69) is 26.1 Å². The molecule has 11 nitrogen and oxygen atoms in total. The predicted octanol–water partition coefficient (Wildman–Crippen LogP) is 0.678. The molecule has 4 atom stereocenters. The number of amides is 2. The van der Waals surface area contributed by atoms with Crippen molar-refractivity contribution in [3.8, 4) is 18.4 Å². The number of nitriles is 1. The molecule has 34 heavy (non-hydrogen) atoms. The molecule has 3 N–H and O–H groups in total. The van der Waals surface area contributed by atoms with Gasteiger partial charge in [-0.3, -0.25) is 13.8 Å². The van der Waals surface area contributed by atoms with E-state index in [1.807, 2.05) is 6.07 Å². The van der Waals surface area contributed by atoms with Gasteiger partial charge in [0.05, 0.1) is 37.2 Å². The molecule has 13 heteroatoms. The van der Waals surface area contributed by atoms with Gasteiger partial charge >= 0.3 is 0 Å². The Hall–Kier alpha value is -2.81. The number of anilines is 2. The number of nitrogens with zero attached hydrogens (tertiary/aromatic N) is 2. The van der Waals surface area contributed by atoms with E-state index in [0.29, 0.717) is 17.9 Å². The van der Waals surface area contributed by atoms with Crippen molar-refractivity contribution in [2.45, 2.75) is 17.5 Å². The molecule has 0 bridgehead atoms. The first kappa shape index (κ1) is 27.4. The molecule has 2 rings (SSSR count). The van der Waals surface area contributed by atoms with Crippen molar-refractivity contribution < 1.29 is 26.8 Å². The van der Waals surface area contributed by atoms with Crippen molar-refractivity contribution in [1.29, 1.82) is 5.26 Å². The highest BCUT2D eigenvalue weighted by molar-refractivity contribution is 8.00. The Bertz CT molecular complexity index is 1080. The van der Waals surface area contributed by atoms with Crippen LogP contribution < -0.4 is 16.0 Å². The lowest BCUT2D eigenvalue weighted by atomic mass is 10.1. The number of thioether (sulfide) groups is 1. The highest BCUT2D eigenvalue weighted by atomic mass is 32.2. The van der Waals surface area contributed by atoms with Crippen molar-refractivity contribution in [2.75, 3.05) is 49.7 Å². The third-order valence-electron chi connectivity index (χ3n) is 5.00. The first-order chi connectivity index (χ1) is 16.0. The van der Waals surface area contributed by atoms with Crippen LogP contribution in [0.15, 0.2) is 24.3 Å². The van der Waals surface area contributed by atoms with Gasteiger partial charge in [0, 0.05) is 17.9 Å². The molecule has 1 aliphatic rings. The summed E-state index contributed by atoms with van der Waals surface area (Å²) in [5.41, 5.74) is 1.09. The Morgan fingerprint density at radius 1 is 1.41 bits per heavy atom. The number of hydrogen-bond acceptors (Lipinski definition) is 9. The molecule has 1 fully saturated rings. The number of carbonyl (C=O) groups is 2. The van der Waals surface area contributed by atoms with Crippen LogP contribution in [-0.4, -0.2) is 74.5 Å². The SMILES string of the molecule is C#CCNC(=O)[C@@H](C#N)C1S[C@H](CNc2cccc(NC(=O)COS(C)(=O)=O)c2)C[N+]1([O-])CC. The minimum atomic E-state index is -3.73. The summed E-state index contributed by atoms with van der Waals surface area (Å²) < 4.78 is 25.8. The van der Waals surface area contributed by atoms with Crippen LogP contribution in [0.1, 0.15) is 6.92 Å². The quantitative estimate of drug-likeness (QED) is 0.169. The normalized spacial score (nSPS) is 22.7. The van der Waals surface area contributed by atoms with Crippen LogP contribution >= 0.6 is 11.8 Å². The van der Waals surface area contributed by atoms with Crippen molar-refractivity contribution in [3.05, 3.63) is 29.5 Å². The molecule has 0 radical (unpaired) electrons. The molecule has 1 aromatic rings. The number of nitrogens with one attached hydrogen (secondary N) is 3. The zero-order valence-corrected chi connectivity index (χ0v) is 20.4. The third kappa shape index (κ3) is 7.90. The summed E-state index contributed by atoms with van der Waals surface area (Å²) in [5, 5.41) is 30.2. The number of benzene rings is 1. The monoisotopic (exact) mass is 509 g/mol. The van der Waals surface area contributed by atoms with Gasteiger partial charge in [-0.1, -0.05) is 23.7 Å². The fourth-order valence-corrected chi connectivity index (χ4v) is 5.40. The van der Waals surface area contributed by atoms with E-state index < -0.39 is 44.5 Å². The Morgan fingerprint density at radius 2 is 2.12 bits per heavy atom. The van der Waals surface area contributed by atoms with Crippen molar-refractivity contribution in [3.63, 3.8) is 0 Å². The minimum Gasteiger partial charge on any atom is -0.632 e. The molecule has 1 aromatic carbocycles. The van der Waals surface area contributed by atoms with Gasteiger partial charge in [0.1, 0.15) is 6.61 Å². The van der Waals surface area contributed by atoms with Crippen molar-refractivity contribution >= 4 is 45.1 Å². The first-order valence-corrected chi connectivity index (χ1v) is 13.1. The predicted molar refractivity (Wildman–Crippen MR) is 130 cm³/mol. The average molecular weight is 510 g/mol. The zero-order chi connectivity index (χ0) is 25.4. The molecular weight excluding hydrogens is 482 g/mol. The molecule has 2 unspecified atom stereocenters. The largest absolute Gasteiger partial charge is 0.632 e. The van der Waals surface area contributed by atoms with Gasteiger partial charge in [-0.05, 0) is 25.1 Å². The molecule has 0 aliphatic carbocycles. The van der Waals surface area contributed by atoms with Crippen molar-refractivity contribution in [2.24, 2.45) is 5.92 Å². The van der Waals surface area contributed by atoms with Gasteiger partial charge in [0.25, 0.3) is 16.0 Å². The molecule has 1 heterocycles. The molecule has 2 amide bonds. The van der Waals surface area contributed by atoms with Gasteiger partial charge in [-0.25, -0.2) is 0 Å². The molecule has 0 aromatic heterocycles. The Kier molecular flexibility index (Phi) is 9.73. The number of hydrogen-bond donors (Lipinski definition) is 3. The summed E-state index contributed by atoms with van der Waals surface area (Å²) in [6.45, 7) is 1.90. The average Bonchev–Trinajstić information content (AvgIpc) is 3.12. The first-order valence-electron chi connectivity index (χ1n) is 10.3. The fourth-order valence-electron chi connectivity index (χ4n) is 3.37.